The van der Waals surface area contributed by atoms with E-state index < -0.39 is 0 Å². The predicted octanol–water partition coefficient (Wildman–Crippen LogP) is 3.93. The number of aromatic nitrogens is 1. The van der Waals surface area contributed by atoms with E-state index in [4.69, 9.17) is 10.1 Å². The van der Waals surface area contributed by atoms with E-state index in [9.17, 15) is 0 Å². The summed E-state index contributed by atoms with van der Waals surface area (Å²) in [6, 6.07) is 0.781. The highest BCUT2D eigenvalue weighted by molar-refractivity contribution is 7.09. The maximum Gasteiger partial charge on any atom is 0.0959 e. The van der Waals surface area contributed by atoms with Crippen molar-refractivity contribution in [1.82, 2.24) is 9.88 Å². The van der Waals surface area contributed by atoms with E-state index in [0.29, 0.717) is 6.61 Å². The van der Waals surface area contributed by atoms with Crippen molar-refractivity contribution < 1.29 is 5.11 Å². The molecule has 0 aromatic carbocycles. The summed E-state index contributed by atoms with van der Waals surface area (Å²) in [6.07, 6.45) is 11.6. The van der Waals surface area contributed by atoms with Gasteiger partial charge in [-0.05, 0) is 45.1 Å². The Morgan fingerprint density at radius 1 is 1.14 bits per heavy atom. The molecule has 1 N–H and O–H groups in total. The molecule has 1 aromatic rings. The number of hydrogen-bond acceptors (Lipinski definition) is 4. The lowest BCUT2D eigenvalue weighted by Crippen LogP contribution is -2.27. The third-order valence-electron chi connectivity index (χ3n) is 4.81. The van der Waals surface area contributed by atoms with Crippen molar-refractivity contribution in [3.05, 3.63) is 16.1 Å². The van der Waals surface area contributed by atoms with Gasteiger partial charge < -0.3 is 5.11 Å². The van der Waals surface area contributed by atoms with Crippen LogP contribution in [-0.4, -0.2) is 34.2 Å². The number of thiazole rings is 1. The summed E-state index contributed by atoms with van der Waals surface area (Å²) in [6.45, 7) is 2.45. The first-order chi connectivity index (χ1) is 10.4. The Bertz CT molecular complexity index is 424. The van der Waals surface area contributed by atoms with Crippen LogP contribution in [0.5, 0.6) is 0 Å². The van der Waals surface area contributed by atoms with Crippen molar-refractivity contribution in [2.24, 2.45) is 0 Å². The molecule has 3 rings (SSSR count). The van der Waals surface area contributed by atoms with Crippen molar-refractivity contribution >= 4 is 11.3 Å². The van der Waals surface area contributed by atoms with E-state index in [1.54, 1.807) is 0 Å². The first-order valence-electron chi connectivity index (χ1n) is 8.66. The predicted molar refractivity (Wildman–Crippen MR) is 87.7 cm³/mol. The van der Waals surface area contributed by atoms with Gasteiger partial charge in [0.05, 0.1) is 10.7 Å². The third-order valence-corrected chi connectivity index (χ3v) is 5.86. The van der Waals surface area contributed by atoms with Gasteiger partial charge in [0.1, 0.15) is 0 Å². The quantitative estimate of drug-likeness (QED) is 0.739. The van der Waals surface area contributed by atoms with E-state index in [-0.39, 0.29) is 0 Å². The zero-order valence-electron chi connectivity index (χ0n) is 13.0. The lowest BCUT2D eigenvalue weighted by molar-refractivity contribution is 0.227. The van der Waals surface area contributed by atoms with Crippen molar-refractivity contribution in [3.8, 4) is 0 Å². The van der Waals surface area contributed by atoms with Gasteiger partial charge >= 0.3 is 0 Å². The minimum Gasteiger partial charge on any atom is -0.396 e. The highest BCUT2D eigenvalue weighted by Gasteiger charge is 2.29. The van der Waals surface area contributed by atoms with Crippen LogP contribution >= 0.6 is 11.3 Å². The molecule has 0 spiro atoms. The van der Waals surface area contributed by atoms with Gasteiger partial charge in [0.15, 0.2) is 0 Å². The fourth-order valence-electron chi connectivity index (χ4n) is 3.40. The summed E-state index contributed by atoms with van der Waals surface area (Å²) < 4.78 is 0. The van der Waals surface area contributed by atoms with Gasteiger partial charge in [-0.3, -0.25) is 4.90 Å². The Labute approximate surface area is 132 Å². The monoisotopic (exact) mass is 308 g/mol. The van der Waals surface area contributed by atoms with Crippen LogP contribution in [0, 0.1) is 0 Å². The second-order valence-electron chi connectivity index (χ2n) is 6.64. The third kappa shape index (κ3) is 4.51. The first-order valence-corrected chi connectivity index (χ1v) is 9.54. The summed E-state index contributed by atoms with van der Waals surface area (Å²) in [5.74, 6) is 0.737. The molecule has 2 saturated carbocycles. The SMILES string of the molecule is OCCCCN(Cc1csc(C2CCCCC2)n1)C1CC1. The standard InChI is InChI=1S/C17H28N2OS/c20-11-5-4-10-19(16-8-9-16)12-15-13-21-17(18-15)14-6-2-1-3-7-14/h13-14,16,20H,1-12H2. The van der Waals surface area contributed by atoms with Gasteiger partial charge in [-0.2, -0.15) is 0 Å². The van der Waals surface area contributed by atoms with Crippen LogP contribution in [0.1, 0.15) is 74.4 Å². The van der Waals surface area contributed by atoms with Crippen molar-refractivity contribution in [3.63, 3.8) is 0 Å². The van der Waals surface area contributed by atoms with Gasteiger partial charge in [-0.15, -0.1) is 11.3 Å². The molecular weight excluding hydrogens is 280 g/mol. The summed E-state index contributed by atoms with van der Waals surface area (Å²) in [7, 11) is 0. The molecule has 1 aromatic heterocycles. The Kier molecular flexibility index (Phi) is 5.67. The summed E-state index contributed by atoms with van der Waals surface area (Å²) >= 11 is 1.88. The van der Waals surface area contributed by atoms with Crippen LogP contribution in [0.2, 0.25) is 0 Å². The van der Waals surface area contributed by atoms with Gasteiger partial charge in [0.2, 0.25) is 0 Å². The molecular formula is C17H28N2OS. The number of aliphatic hydroxyl groups is 1. The molecule has 0 radical (unpaired) electrons. The van der Waals surface area contributed by atoms with Gasteiger partial charge in [-0.1, -0.05) is 19.3 Å². The highest BCUT2D eigenvalue weighted by atomic mass is 32.1. The average Bonchev–Trinajstić information content (AvgIpc) is 3.27. The molecule has 1 heterocycles. The minimum atomic E-state index is 0.320. The van der Waals surface area contributed by atoms with Gasteiger partial charge in [0, 0.05) is 30.5 Å². The van der Waals surface area contributed by atoms with Gasteiger partial charge in [-0.25, -0.2) is 4.98 Å². The Hall–Kier alpha value is -0.450. The molecule has 3 nitrogen and oxygen atoms in total. The molecule has 0 amide bonds. The van der Waals surface area contributed by atoms with E-state index in [1.165, 1.54) is 55.6 Å². The smallest absolute Gasteiger partial charge is 0.0959 e. The van der Waals surface area contributed by atoms with Gasteiger partial charge in [0.25, 0.3) is 0 Å². The second-order valence-corrected chi connectivity index (χ2v) is 7.53. The summed E-state index contributed by atoms with van der Waals surface area (Å²) in [5.41, 5.74) is 1.27. The largest absolute Gasteiger partial charge is 0.396 e. The zero-order valence-corrected chi connectivity index (χ0v) is 13.8. The fraction of sp³-hybridized carbons (Fsp3) is 0.824. The number of aliphatic hydroxyl groups excluding tert-OH is 1. The van der Waals surface area contributed by atoms with Crippen LogP contribution in [-0.2, 0) is 6.54 Å². The Balaban J connectivity index is 1.54. The molecule has 0 aliphatic heterocycles. The molecule has 0 bridgehead atoms. The molecule has 2 fully saturated rings. The lowest BCUT2D eigenvalue weighted by Gasteiger charge is -2.21. The van der Waals surface area contributed by atoms with E-state index in [0.717, 1.165) is 37.9 Å². The molecule has 21 heavy (non-hydrogen) atoms. The van der Waals surface area contributed by atoms with E-state index >= 15 is 0 Å². The topological polar surface area (TPSA) is 36.4 Å². The van der Waals surface area contributed by atoms with Crippen LogP contribution in [0.4, 0.5) is 0 Å². The number of unbranched alkanes of at least 4 members (excludes halogenated alkanes) is 1. The van der Waals surface area contributed by atoms with E-state index in [2.05, 4.69) is 10.3 Å². The molecule has 118 valence electrons. The molecule has 2 aliphatic rings. The summed E-state index contributed by atoms with van der Waals surface area (Å²) in [4.78, 5) is 7.52. The highest BCUT2D eigenvalue weighted by Crippen LogP contribution is 2.35. The molecule has 2 aliphatic carbocycles. The molecule has 0 unspecified atom stereocenters. The summed E-state index contributed by atoms with van der Waals surface area (Å²) in [5, 5.41) is 12.6. The number of hydrogen-bond donors (Lipinski definition) is 1. The minimum absolute atomic E-state index is 0.320. The van der Waals surface area contributed by atoms with Crippen LogP contribution < -0.4 is 0 Å². The maximum absolute atomic E-state index is 8.94. The van der Waals surface area contributed by atoms with Crippen molar-refractivity contribution in [1.29, 1.82) is 0 Å². The number of nitrogens with zero attached hydrogens (tertiary/aromatic N) is 2. The van der Waals surface area contributed by atoms with Crippen LogP contribution in [0.3, 0.4) is 0 Å². The zero-order chi connectivity index (χ0) is 14.5. The normalized spacial score (nSPS) is 20.3. The average molecular weight is 308 g/mol. The molecule has 0 atom stereocenters. The second kappa shape index (κ2) is 7.70. The maximum atomic E-state index is 8.94. The number of rotatable bonds is 8. The Morgan fingerprint density at radius 2 is 1.95 bits per heavy atom. The van der Waals surface area contributed by atoms with Crippen molar-refractivity contribution in [2.45, 2.75) is 76.3 Å². The fourth-order valence-corrected chi connectivity index (χ4v) is 4.38. The first kappa shape index (κ1) is 15.4. The molecule has 0 saturated heterocycles. The van der Waals surface area contributed by atoms with Crippen molar-refractivity contribution in [2.75, 3.05) is 13.2 Å². The lowest BCUT2D eigenvalue weighted by atomic mass is 9.90. The van der Waals surface area contributed by atoms with Crippen LogP contribution in [0.25, 0.3) is 0 Å². The van der Waals surface area contributed by atoms with Crippen LogP contribution in [0.15, 0.2) is 5.38 Å². The molecule has 4 heteroatoms. The van der Waals surface area contributed by atoms with E-state index in [1.807, 2.05) is 11.3 Å². The Morgan fingerprint density at radius 3 is 2.67 bits per heavy atom.